The fourth-order valence-electron chi connectivity index (χ4n) is 4.33. The highest BCUT2D eigenvalue weighted by Crippen LogP contribution is 2.30. The molecule has 160 valence electrons. The lowest BCUT2D eigenvalue weighted by Crippen LogP contribution is -2.43. The van der Waals surface area contributed by atoms with Crippen molar-refractivity contribution in [3.8, 4) is 0 Å². The summed E-state index contributed by atoms with van der Waals surface area (Å²) < 4.78 is 0. The summed E-state index contributed by atoms with van der Waals surface area (Å²) in [4.78, 5) is 27.3. The van der Waals surface area contributed by atoms with Crippen molar-refractivity contribution in [2.24, 2.45) is 5.92 Å². The third kappa shape index (κ3) is 5.50. The second-order valence-corrected chi connectivity index (χ2v) is 8.64. The molecule has 0 bridgehead atoms. The van der Waals surface area contributed by atoms with Crippen LogP contribution in [0.1, 0.15) is 69.2 Å². The van der Waals surface area contributed by atoms with E-state index in [9.17, 15) is 9.59 Å². The van der Waals surface area contributed by atoms with Gasteiger partial charge in [-0.1, -0.05) is 39.5 Å². The van der Waals surface area contributed by atoms with Crippen molar-refractivity contribution in [1.82, 2.24) is 10.2 Å². The maximum absolute atomic E-state index is 12.5. The summed E-state index contributed by atoms with van der Waals surface area (Å²) in [5.41, 5.74) is 2.13. The molecular formula is C23H36N4O2. The molecule has 1 heterocycles. The summed E-state index contributed by atoms with van der Waals surface area (Å²) in [6.07, 6.45) is 8.53. The summed E-state index contributed by atoms with van der Waals surface area (Å²) in [7, 11) is 2.20. The zero-order valence-electron chi connectivity index (χ0n) is 18.1. The van der Waals surface area contributed by atoms with Crippen LogP contribution in [0, 0.1) is 5.92 Å². The van der Waals surface area contributed by atoms with Crippen LogP contribution in [-0.4, -0.2) is 48.9 Å². The summed E-state index contributed by atoms with van der Waals surface area (Å²) in [6, 6.07) is 5.94. The second kappa shape index (κ2) is 10.1. The Hall–Kier alpha value is -2.08. The van der Waals surface area contributed by atoms with Gasteiger partial charge in [0.05, 0.1) is 11.4 Å². The van der Waals surface area contributed by atoms with Crippen molar-refractivity contribution in [1.29, 1.82) is 0 Å². The molecule has 3 N–H and O–H groups in total. The molecule has 1 saturated carbocycles. The average Bonchev–Trinajstić information content (AvgIpc) is 2.75. The first kappa shape index (κ1) is 21.6. The van der Waals surface area contributed by atoms with E-state index in [1.165, 1.54) is 32.1 Å². The topological polar surface area (TPSA) is 73.5 Å². The monoisotopic (exact) mass is 400 g/mol. The summed E-state index contributed by atoms with van der Waals surface area (Å²) in [6.45, 7) is 5.81. The maximum atomic E-state index is 12.5. The van der Waals surface area contributed by atoms with Crippen molar-refractivity contribution in [2.75, 3.05) is 30.8 Å². The molecule has 0 aromatic heterocycles. The Morgan fingerprint density at radius 3 is 2.72 bits per heavy atom. The van der Waals surface area contributed by atoms with Gasteiger partial charge in [-0.3, -0.25) is 9.59 Å². The van der Waals surface area contributed by atoms with Crippen molar-refractivity contribution in [3.63, 3.8) is 0 Å². The lowest BCUT2D eigenvalue weighted by Gasteiger charge is -2.31. The fourth-order valence-corrected chi connectivity index (χ4v) is 4.33. The standard InChI is InChI=1S/C23H36N4O2/c1-4-16(2)21-23(29)26-20-15-17(11-12-19(20)25-21)22(28)24-13-8-14-27(3)18-9-6-5-7-10-18/h11-12,15-16,18,21,25H,4-10,13-14H2,1-3H3,(H,24,28)(H,26,29)/t16-,21-/m0/s1. The Bertz CT molecular complexity index is 715. The van der Waals surface area contributed by atoms with Gasteiger partial charge in [-0.15, -0.1) is 0 Å². The highest BCUT2D eigenvalue weighted by Gasteiger charge is 2.29. The van der Waals surface area contributed by atoms with Gasteiger partial charge in [0.15, 0.2) is 0 Å². The van der Waals surface area contributed by atoms with Crippen LogP contribution in [0.2, 0.25) is 0 Å². The number of nitrogens with zero attached hydrogens (tertiary/aromatic N) is 1. The second-order valence-electron chi connectivity index (χ2n) is 8.64. The maximum Gasteiger partial charge on any atom is 0.251 e. The van der Waals surface area contributed by atoms with Crippen molar-refractivity contribution >= 4 is 23.2 Å². The number of nitrogens with one attached hydrogen (secondary N) is 3. The molecule has 0 radical (unpaired) electrons. The Balaban J connectivity index is 1.48. The molecule has 2 aliphatic rings. The normalized spacial score (nSPS) is 20.6. The Labute approximate surface area is 174 Å². The van der Waals surface area contributed by atoms with Crippen LogP contribution in [0.25, 0.3) is 0 Å². The van der Waals surface area contributed by atoms with Gasteiger partial charge in [0.1, 0.15) is 6.04 Å². The smallest absolute Gasteiger partial charge is 0.251 e. The molecule has 0 spiro atoms. The Morgan fingerprint density at radius 2 is 2.00 bits per heavy atom. The van der Waals surface area contributed by atoms with E-state index in [1.807, 2.05) is 12.1 Å². The van der Waals surface area contributed by atoms with Gasteiger partial charge in [0, 0.05) is 18.2 Å². The van der Waals surface area contributed by atoms with E-state index in [0.717, 1.165) is 25.1 Å². The molecular weight excluding hydrogens is 364 g/mol. The number of carbonyl (C=O) groups is 2. The molecule has 1 fully saturated rings. The van der Waals surface area contributed by atoms with Gasteiger partial charge in [0.25, 0.3) is 5.91 Å². The number of anilines is 2. The number of rotatable bonds is 8. The van der Waals surface area contributed by atoms with Crippen LogP contribution < -0.4 is 16.0 Å². The molecule has 2 amide bonds. The lowest BCUT2D eigenvalue weighted by molar-refractivity contribution is -0.118. The average molecular weight is 401 g/mol. The number of amides is 2. The van der Waals surface area contributed by atoms with Crippen molar-refractivity contribution < 1.29 is 9.59 Å². The molecule has 1 aromatic carbocycles. The number of carbonyl (C=O) groups excluding carboxylic acids is 2. The zero-order chi connectivity index (χ0) is 20.8. The molecule has 0 saturated heterocycles. The number of benzene rings is 1. The third-order valence-corrected chi connectivity index (χ3v) is 6.52. The Morgan fingerprint density at radius 1 is 1.24 bits per heavy atom. The van der Waals surface area contributed by atoms with E-state index in [-0.39, 0.29) is 23.8 Å². The van der Waals surface area contributed by atoms with E-state index < -0.39 is 0 Å². The first-order chi connectivity index (χ1) is 14.0. The van der Waals surface area contributed by atoms with Crippen LogP contribution in [0.5, 0.6) is 0 Å². The van der Waals surface area contributed by atoms with E-state index in [2.05, 4.69) is 41.7 Å². The van der Waals surface area contributed by atoms with Crippen molar-refractivity contribution in [2.45, 2.75) is 70.9 Å². The molecule has 0 unspecified atom stereocenters. The third-order valence-electron chi connectivity index (χ3n) is 6.52. The first-order valence-electron chi connectivity index (χ1n) is 11.2. The summed E-state index contributed by atoms with van der Waals surface area (Å²) in [5, 5.41) is 9.27. The Kier molecular flexibility index (Phi) is 7.53. The summed E-state index contributed by atoms with van der Waals surface area (Å²) in [5.74, 6) is 0.124. The van der Waals surface area contributed by atoms with E-state index in [1.54, 1.807) is 6.07 Å². The van der Waals surface area contributed by atoms with Gasteiger partial charge >= 0.3 is 0 Å². The number of hydrogen-bond donors (Lipinski definition) is 3. The van der Waals surface area contributed by atoms with Crippen LogP contribution in [-0.2, 0) is 4.79 Å². The predicted octanol–water partition coefficient (Wildman–Crippen LogP) is 3.85. The van der Waals surface area contributed by atoms with Crippen molar-refractivity contribution in [3.05, 3.63) is 23.8 Å². The molecule has 3 rings (SSSR count). The molecule has 2 atom stereocenters. The van der Waals surface area contributed by atoms with Gasteiger partial charge in [-0.05, 0) is 57.0 Å². The molecule has 6 heteroatoms. The minimum atomic E-state index is -0.228. The highest BCUT2D eigenvalue weighted by atomic mass is 16.2. The predicted molar refractivity (Wildman–Crippen MR) is 118 cm³/mol. The molecule has 1 aliphatic heterocycles. The molecule has 6 nitrogen and oxygen atoms in total. The van der Waals surface area contributed by atoms with E-state index in [0.29, 0.717) is 23.8 Å². The highest BCUT2D eigenvalue weighted by molar-refractivity contribution is 6.05. The summed E-state index contributed by atoms with van der Waals surface area (Å²) >= 11 is 0. The van der Waals surface area contributed by atoms with Crippen LogP contribution in [0.4, 0.5) is 11.4 Å². The zero-order valence-corrected chi connectivity index (χ0v) is 18.1. The quantitative estimate of drug-likeness (QED) is 0.580. The lowest BCUT2D eigenvalue weighted by atomic mass is 9.94. The minimum absolute atomic E-state index is 0.0323. The van der Waals surface area contributed by atoms with Crippen LogP contribution in [0.3, 0.4) is 0 Å². The van der Waals surface area contributed by atoms with Gasteiger partial charge in [0.2, 0.25) is 5.91 Å². The molecule has 29 heavy (non-hydrogen) atoms. The van der Waals surface area contributed by atoms with Gasteiger partial charge in [-0.2, -0.15) is 0 Å². The number of hydrogen-bond acceptors (Lipinski definition) is 4. The van der Waals surface area contributed by atoms with Gasteiger partial charge in [-0.25, -0.2) is 0 Å². The molecule has 1 aliphatic carbocycles. The molecule has 1 aromatic rings. The largest absolute Gasteiger partial charge is 0.372 e. The fraction of sp³-hybridized carbons (Fsp3) is 0.652. The minimum Gasteiger partial charge on any atom is -0.372 e. The van der Waals surface area contributed by atoms with Crippen LogP contribution >= 0.6 is 0 Å². The SMILES string of the molecule is CC[C@H](C)[C@@H]1Nc2ccc(C(=O)NCCCN(C)C3CCCCC3)cc2NC1=O. The van der Waals surface area contributed by atoms with E-state index >= 15 is 0 Å². The first-order valence-corrected chi connectivity index (χ1v) is 11.2. The van der Waals surface area contributed by atoms with Gasteiger partial charge < -0.3 is 20.9 Å². The number of fused-ring (bicyclic) bond motifs is 1. The van der Waals surface area contributed by atoms with Crippen LogP contribution in [0.15, 0.2) is 18.2 Å². The van der Waals surface area contributed by atoms with E-state index in [4.69, 9.17) is 0 Å².